The molecule has 0 radical (unpaired) electrons. The van der Waals surface area contributed by atoms with E-state index < -0.39 is 0 Å². The molecule has 0 saturated heterocycles. The average molecular weight is 217 g/mol. The lowest BCUT2D eigenvalue weighted by Gasteiger charge is -2.05. The predicted octanol–water partition coefficient (Wildman–Crippen LogP) is 1.48. The first-order valence-electron chi connectivity index (χ1n) is 5.34. The molecule has 5 heteroatoms. The Kier molecular flexibility index (Phi) is 3.48. The summed E-state index contributed by atoms with van der Waals surface area (Å²) in [4.78, 5) is 3.99. The minimum atomic E-state index is 0.830. The normalized spacial score (nSPS) is 10.3. The highest BCUT2D eigenvalue weighted by Gasteiger charge is 1.94. The van der Waals surface area contributed by atoms with Crippen molar-refractivity contribution in [2.45, 2.75) is 19.9 Å². The average Bonchev–Trinajstić information content (AvgIpc) is 2.80. The maximum atomic E-state index is 4.03. The summed E-state index contributed by atoms with van der Waals surface area (Å²) in [5.41, 5.74) is 0.934. The van der Waals surface area contributed by atoms with E-state index in [0.717, 1.165) is 31.0 Å². The number of aromatic nitrogens is 4. The van der Waals surface area contributed by atoms with Crippen molar-refractivity contribution >= 4 is 5.82 Å². The van der Waals surface area contributed by atoms with Crippen LogP contribution in [0.4, 0.5) is 5.82 Å². The van der Waals surface area contributed by atoms with Crippen molar-refractivity contribution < 1.29 is 0 Å². The lowest BCUT2D eigenvalue weighted by atomic mass is 10.4. The van der Waals surface area contributed by atoms with E-state index in [-0.39, 0.29) is 0 Å². The molecular weight excluding hydrogens is 202 g/mol. The smallest absolute Gasteiger partial charge is 0.148 e. The van der Waals surface area contributed by atoms with Gasteiger partial charge in [-0.2, -0.15) is 5.10 Å². The Balaban J connectivity index is 1.70. The van der Waals surface area contributed by atoms with Gasteiger partial charge in [-0.25, -0.2) is 4.98 Å². The Morgan fingerprint density at radius 3 is 2.94 bits per heavy atom. The Bertz CT molecular complexity index is 406. The largest absolute Gasteiger partial charge is 0.369 e. The van der Waals surface area contributed by atoms with Crippen LogP contribution in [-0.4, -0.2) is 26.3 Å². The van der Waals surface area contributed by atoms with E-state index in [1.165, 1.54) is 0 Å². The van der Waals surface area contributed by atoms with Crippen LogP contribution in [-0.2, 0) is 6.54 Å². The quantitative estimate of drug-likeness (QED) is 0.771. The number of rotatable bonds is 5. The molecule has 0 saturated carbocycles. The summed E-state index contributed by atoms with van der Waals surface area (Å²) < 4.78 is 2.06. The molecule has 84 valence electrons. The van der Waals surface area contributed by atoms with Crippen molar-refractivity contribution in [1.82, 2.24) is 19.7 Å². The molecule has 5 nitrogen and oxygen atoms in total. The van der Waals surface area contributed by atoms with Crippen molar-refractivity contribution in [3.8, 4) is 0 Å². The van der Waals surface area contributed by atoms with Gasteiger partial charge in [0.2, 0.25) is 0 Å². The maximum Gasteiger partial charge on any atom is 0.148 e. The Labute approximate surface area is 94.5 Å². The Morgan fingerprint density at radius 1 is 1.31 bits per heavy atom. The molecule has 0 spiro atoms. The van der Waals surface area contributed by atoms with E-state index in [9.17, 15) is 0 Å². The molecule has 2 aromatic rings. The van der Waals surface area contributed by atoms with Crippen LogP contribution in [0.5, 0.6) is 0 Å². The van der Waals surface area contributed by atoms with Crippen LogP contribution < -0.4 is 5.32 Å². The highest BCUT2D eigenvalue weighted by molar-refractivity contribution is 5.32. The van der Waals surface area contributed by atoms with Crippen LogP contribution in [0.15, 0.2) is 30.9 Å². The summed E-state index contributed by atoms with van der Waals surface area (Å²) in [6.07, 6.45) is 6.61. The van der Waals surface area contributed by atoms with Gasteiger partial charge in [-0.1, -0.05) is 0 Å². The van der Waals surface area contributed by atoms with Crippen molar-refractivity contribution in [2.75, 3.05) is 11.9 Å². The molecule has 0 aliphatic carbocycles. The second-order valence-corrected chi connectivity index (χ2v) is 3.64. The van der Waals surface area contributed by atoms with Gasteiger partial charge in [0.25, 0.3) is 0 Å². The molecule has 1 N–H and O–H groups in total. The molecule has 2 aromatic heterocycles. The minimum Gasteiger partial charge on any atom is -0.369 e. The van der Waals surface area contributed by atoms with Crippen LogP contribution >= 0.6 is 0 Å². The molecule has 0 fully saturated rings. The molecule has 0 atom stereocenters. The molecular formula is C11H15N5. The van der Waals surface area contributed by atoms with Crippen LogP contribution in [0.3, 0.4) is 0 Å². The van der Waals surface area contributed by atoms with Crippen molar-refractivity contribution in [3.63, 3.8) is 0 Å². The molecule has 0 amide bonds. The van der Waals surface area contributed by atoms with Gasteiger partial charge in [-0.05, 0) is 25.5 Å². The topological polar surface area (TPSA) is 55.6 Å². The number of nitrogens with zero attached hydrogens (tertiary/aromatic N) is 4. The third kappa shape index (κ3) is 3.05. The minimum absolute atomic E-state index is 0.830. The second kappa shape index (κ2) is 5.25. The summed E-state index contributed by atoms with van der Waals surface area (Å²) >= 11 is 0. The van der Waals surface area contributed by atoms with Gasteiger partial charge in [0.15, 0.2) is 0 Å². The fraction of sp³-hybridized carbons (Fsp3) is 0.364. The first kappa shape index (κ1) is 10.6. The summed E-state index contributed by atoms with van der Waals surface area (Å²) in [6, 6.07) is 3.89. The van der Waals surface area contributed by atoms with E-state index in [4.69, 9.17) is 0 Å². The van der Waals surface area contributed by atoms with Gasteiger partial charge in [-0.15, -0.1) is 5.10 Å². The fourth-order valence-corrected chi connectivity index (χ4v) is 1.39. The lowest BCUT2D eigenvalue weighted by Crippen LogP contribution is -2.07. The van der Waals surface area contributed by atoms with Crippen LogP contribution in [0, 0.1) is 6.92 Å². The molecule has 0 aliphatic rings. The lowest BCUT2D eigenvalue weighted by molar-refractivity contribution is 0.659. The number of hydrogen-bond acceptors (Lipinski definition) is 4. The molecule has 0 aliphatic heterocycles. The van der Waals surface area contributed by atoms with Crippen molar-refractivity contribution in [1.29, 1.82) is 0 Å². The zero-order chi connectivity index (χ0) is 11.2. The van der Waals surface area contributed by atoms with Gasteiger partial charge in [0.1, 0.15) is 5.82 Å². The first-order chi connectivity index (χ1) is 7.84. The van der Waals surface area contributed by atoms with E-state index in [2.05, 4.69) is 25.1 Å². The Morgan fingerprint density at radius 2 is 2.25 bits per heavy atom. The van der Waals surface area contributed by atoms with Crippen molar-refractivity contribution in [2.24, 2.45) is 0 Å². The van der Waals surface area contributed by atoms with Crippen LogP contribution in [0.25, 0.3) is 0 Å². The number of hydrogen-bond donors (Lipinski definition) is 1. The third-order valence-electron chi connectivity index (χ3n) is 2.26. The van der Waals surface area contributed by atoms with Crippen LogP contribution in [0.2, 0.25) is 0 Å². The number of anilines is 1. The summed E-state index contributed by atoms with van der Waals surface area (Å²) in [6.45, 7) is 3.78. The third-order valence-corrected chi connectivity index (χ3v) is 2.26. The molecule has 2 rings (SSSR count). The van der Waals surface area contributed by atoms with Gasteiger partial charge in [0, 0.05) is 25.5 Å². The zero-order valence-corrected chi connectivity index (χ0v) is 9.30. The first-order valence-corrected chi connectivity index (χ1v) is 5.34. The van der Waals surface area contributed by atoms with Gasteiger partial charge >= 0.3 is 0 Å². The highest BCUT2D eigenvalue weighted by Crippen LogP contribution is 2.01. The van der Waals surface area contributed by atoms with Crippen molar-refractivity contribution in [3.05, 3.63) is 36.5 Å². The summed E-state index contributed by atoms with van der Waals surface area (Å²) in [5, 5.41) is 11.2. The van der Waals surface area contributed by atoms with Gasteiger partial charge in [0.05, 0.1) is 12.0 Å². The van der Waals surface area contributed by atoms with E-state index >= 15 is 0 Å². The highest BCUT2D eigenvalue weighted by atomic mass is 15.2. The molecule has 16 heavy (non-hydrogen) atoms. The van der Waals surface area contributed by atoms with E-state index in [0.29, 0.717) is 0 Å². The molecule has 2 heterocycles. The standard InChI is InChI=1S/C11H15N5/c1-10-3-4-11(15-14-10)13-5-2-7-16-8-6-12-9-16/h3-4,6,8-9H,2,5,7H2,1H3,(H,13,15). The predicted molar refractivity (Wildman–Crippen MR) is 62.1 cm³/mol. The SMILES string of the molecule is Cc1ccc(NCCCn2ccnc2)nn1. The molecule has 0 aromatic carbocycles. The van der Waals surface area contributed by atoms with E-state index in [1.54, 1.807) is 6.20 Å². The Hall–Kier alpha value is -1.91. The zero-order valence-electron chi connectivity index (χ0n) is 9.30. The number of aryl methyl sites for hydroxylation is 2. The molecule has 0 unspecified atom stereocenters. The van der Waals surface area contributed by atoms with Crippen LogP contribution in [0.1, 0.15) is 12.1 Å². The second-order valence-electron chi connectivity index (χ2n) is 3.64. The maximum absolute atomic E-state index is 4.03. The van der Waals surface area contributed by atoms with E-state index in [1.807, 2.05) is 31.6 Å². The number of imidazole rings is 1. The summed E-state index contributed by atoms with van der Waals surface area (Å²) in [7, 11) is 0. The number of nitrogens with one attached hydrogen (secondary N) is 1. The van der Waals surface area contributed by atoms with Gasteiger partial charge < -0.3 is 9.88 Å². The monoisotopic (exact) mass is 217 g/mol. The fourth-order valence-electron chi connectivity index (χ4n) is 1.39. The molecule has 0 bridgehead atoms. The van der Waals surface area contributed by atoms with Gasteiger partial charge in [-0.3, -0.25) is 0 Å². The summed E-state index contributed by atoms with van der Waals surface area (Å²) in [5.74, 6) is 0.830.